The number of aryl methyl sites for hydroxylation is 1. The molecule has 6 bridgehead atoms. The number of likely N-dealkylation sites (N-methyl/N-ethyl adjacent to an activating group) is 1. The van der Waals surface area contributed by atoms with Crippen molar-refractivity contribution in [3.8, 4) is 16.9 Å². The average molecular weight is 950 g/mol. The van der Waals surface area contributed by atoms with Crippen LogP contribution in [0.25, 0.3) is 27.6 Å². The van der Waals surface area contributed by atoms with E-state index < -0.39 is 35.5 Å². The Morgan fingerprint density at radius 1 is 1.07 bits per heavy atom. The second kappa shape index (κ2) is 19.2. The number of amides is 5. The van der Waals surface area contributed by atoms with Gasteiger partial charge in [0.25, 0.3) is 5.91 Å². The fraction of sp³-hybridized carbons (Fsp3) is 0.588. The van der Waals surface area contributed by atoms with Crippen molar-refractivity contribution in [3.63, 3.8) is 0 Å². The number of likely N-dealkylation sites (tertiary alicyclic amines) is 2. The van der Waals surface area contributed by atoms with Gasteiger partial charge in [0.05, 0.1) is 40.5 Å². The number of allylic oxidation sites excluding steroid dienone is 1. The first-order chi connectivity index (χ1) is 33.0. The molecule has 6 aliphatic heterocycles. The molecule has 2 aromatic carbocycles. The molecule has 0 aliphatic carbocycles. The van der Waals surface area contributed by atoms with Gasteiger partial charge in [-0.25, -0.2) is 9.63 Å². The molecule has 0 unspecified atom stereocenters. The molecule has 7 heterocycles. The molecule has 0 spiro atoms. The highest BCUT2D eigenvalue weighted by Gasteiger charge is 2.54. The van der Waals surface area contributed by atoms with Crippen LogP contribution in [-0.2, 0) is 43.3 Å². The van der Waals surface area contributed by atoms with Gasteiger partial charge >= 0.3 is 12.2 Å². The second-order valence-corrected chi connectivity index (χ2v) is 20.9. The molecule has 0 saturated carbocycles. The number of methoxy groups -OCH3 is 1. The second-order valence-electron chi connectivity index (χ2n) is 20.9. The number of phenols is 1. The van der Waals surface area contributed by atoms with E-state index in [0.29, 0.717) is 62.3 Å². The van der Waals surface area contributed by atoms with Gasteiger partial charge in [0.1, 0.15) is 17.8 Å². The van der Waals surface area contributed by atoms with E-state index in [9.17, 15) is 29.2 Å². The molecule has 370 valence electrons. The molecule has 4 fully saturated rings. The van der Waals surface area contributed by atoms with Gasteiger partial charge in [-0.05, 0) is 98.4 Å². The monoisotopic (exact) mass is 950 g/mol. The number of carbonyl (C=O) groups is 4. The Morgan fingerprint density at radius 3 is 2.58 bits per heavy atom. The Balaban J connectivity index is 1.07. The molecule has 7 atom stereocenters. The molecule has 9 rings (SSSR count). The Morgan fingerprint density at radius 2 is 1.86 bits per heavy atom. The normalized spacial score (nSPS) is 25.5. The van der Waals surface area contributed by atoms with Crippen molar-refractivity contribution < 1.29 is 38.8 Å². The maximum Gasteiger partial charge on any atom is 0.326 e. The van der Waals surface area contributed by atoms with Gasteiger partial charge in [0, 0.05) is 87.8 Å². The summed E-state index contributed by atoms with van der Waals surface area (Å²) >= 11 is 0. The minimum Gasteiger partial charge on any atom is -0.508 e. The molecule has 18 nitrogen and oxygen atoms in total. The number of aromatic nitrogens is 1. The van der Waals surface area contributed by atoms with E-state index >= 15 is 0 Å². The number of phenolic OH excluding ortho intramolecular Hbond substituents is 1. The number of aliphatic imine (C=N–C) groups is 1. The first kappa shape index (κ1) is 48.2. The third kappa shape index (κ3) is 9.34. The zero-order chi connectivity index (χ0) is 49.1. The van der Waals surface area contributed by atoms with Gasteiger partial charge in [0.15, 0.2) is 6.61 Å². The molecule has 4 N–H and O–H groups in total. The lowest BCUT2D eigenvalue weighted by atomic mass is 9.83. The van der Waals surface area contributed by atoms with Crippen molar-refractivity contribution in [2.24, 2.45) is 16.3 Å². The van der Waals surface area contributed by atoms with Crippen LogP contribution in [0, 0.1) is 16.2 Å². The molecule has 18 heteroatoms. The summed E-state index contributed by atoms with van der Waals surface area (Å²) in [6, 6.07) is 8.83. The van der Waals surface area contributed by atoms with Crippen molar-refractivity contribution in [2.75, 3.05) is 46.9 Å². The fourth-order valence-corrected chi connectivity index (χ4v) is 11.3. The molecule has 69 heavy (non-hydrogen) atoms. The summed E-state index contributed by atoms with van der Waals surface area (Å²) < 4.78 is 8.19. The number of ether oxygens (including phenoxy) is 1. The molecular formula is C51H69N10O8+. The third-order valence-corrected chi connectivity index (χ3v) is 15.0. The van der Waals surface area contributed by atoms with E-state index in [1.54, 1.807) is 31.2 Å². The number of aromatic hydroxyl groups is 1. The first-order valence-corrected chi connectivity index (χ1v) is 24.8. The van der Waals surface area contributed by atoms with Gasteiger partial charge in [-0.2, -0.15) is 5.43 Å². The van der Waals surface area contributed by atoms with Crippen molar-refractivity contribution in [1.29, 1.82) is 0 Å². The zero-order valence-electron chi connectivity index (χ0n) is 41.3. The van der Waals surface area contributed by atoms with Crippen molar-refractivity contribution in [2.45, 2.75) is 136 Å². The number of hydrogen-bond donors (Lipinski definition) is 4. The number of hydrogen-bond acceptors (Lipinski definition) is 11. The lowest BCUT2D eigenvalue weighted by Gasteiger charge is -2.48. The SMILES string of the molecule is CCn1c(C2=C([C@H](C)OC)N=CCC2)c2c3cc(ccc31)-c1cc(O)cc(c1)C[C@H](NC(=O)[C@H](C(C)C)N(C)C(=O)N1C[C@@H]3[C@H]1CCN3C(=O)[C@H]1CN1)C(=O)N1CCC[C@H](N1)[N+](=O)OCC(C)(C)C2. The summed E-state index contributed by atoms with van der Waals surface area (Å²) in [6.07, 6.45) is 4.55. The summed E-state index contributed by atoms with van der Waals surface area (Å²) in [4.78, 5) is 87.0. The first-order valence-electron chi connectivity index (χ1n) is 24.8. The molecular weight excluding hydrogens is 881 g/mol. The van der Waals surface area contributed by atoms with Gasteiger partial charge in [0.2, 0.25) is 16.7 Å². The van der Waals surface area contributed by atoms with Crippen molar-refractivity contribution >= 4 is 46.4 Å². The molecule has 3 aromatic rings. The summed E-state index contributed by atoms with van der Waals surface area (Å²) in [5.74, 6) is -1.25. The van der Waals surface area contributed by atoms with E-state index in [-0.39, 0.29) is 67.4 Å². The van der Waals surface area contributed by atoms with E-state index in [0.717, 1.165) is 57.4 Å². The summed E-state index contributed by atoms with van der Waals surface area (Å²) in [6.45, 7) is 14.7. The van der Waals surface area contributed by atoms with Crippen LogP contribution in [0.5, 0.6) is 5.75 Å². The van der Waals surface area contributed by atoms with E-state index in [2.05, 4.69) is 53.5 Å². The number of fused-ring (bicyclic) bond motifs is 7. The Bertz CT molecular complexity index is 2600. The topological polar surface area (TPSA) is 203 Å². The predicted octanol–water partition coefficient (Wildman–Crippen LogP) is 4.75. The zero-order valence-corrected chi connectivity index (χ0v) is 41.3. The van der Waals surface area contributed by atoms with Crippen LogP contribution < -0.4 is 16.1 Å². The predicted molar refractivity (Wildman–Crippen MR) is 261 cm³/mol. The smallest absolute Gasteiger partial charge is 0.326 e. The molecule has 1 aromatic heterocycles. The number of benzene rings is 2. The fourth-order valence-electron chi connectivity index (χ4n) is 11.3. The number of rotatable bonds is 9. The van der Waals surface area contributed by atoms with Crippen LogP contribution in [0.3, 0.4) is 0 Å². The van der Waals surface area contributed by atoms with Crippen LogP contribution in [0.1, 0.15) is 90.5 Å². The van der Waals surface area contributed by atoms with Crippen molar-refractivity contribution in [1.82, 2.24) is 40.3 Å². The molecule has 5 amide bonds. The highest BCUT2D eigenvalue weighted by atomic mass is 16.8. The summed E-state index contributed by atoms with van der Waals surface area (Å²) in [5.41, 5.74) is 10.00. The van der Waals surface area contributed by atoms with Crippen molar-refractivity contribution in [3.05, 3.63) is 63.8 Å². The minimum atomic E-state index is -1.16. The quantitative estimate of drug-likeness (QED) is 0.217. The van der Waals surface area contributed by atoms with Crippen LogP contribution in [0.15, 0.2) is 47.1 Å². The number of nitrogens with one attached hydrogen (secondary N) is 3. The lowest BCUT2D eigenvalue weighted by molar-refractivity contribution is -0.835. The van der Waals surface area contributed by atoms with Crippen LogP contribution in [0.4, 0.5) is 4.79 Å². The highest BCUT2D eigenvalue weighted by molar-refractivity contribution is 5.95. The minimum absolute atomic E-state index is 0.000220. The Hall–Kier alpha value is -5.85. The maximum atomic E-state index is 14.8. The number of hydrazine groups is 1. The highest BCUT2D eigenvalue weighted by Crippen LogP contribution is 2.42. The van der Waals surface area contributed by atoms with Crippen LogP contribution >= 0.6 is 0 Å². The van der Waals surface area contributed by atoms with Gasteiger partial charge < -0.3 is 39.7 Å². The molecule has 4 saturated heterocycles. The lowest BCUT2D eigenvalue weighted by Crippen LogP contribution is -2.68. The van der Waals surface area contributed by atoms with E-state index in [1.165, 1.54) is 9.91 Å². The van der Waals surface area contributed by atoms with E-state index in [4.69, 9.17) is 14.6 Å². The Kier molecular flexibility index (Phi) is 13.4. The Labute approximate surface area is 403 Å². The number of urea groups is 1. The van der Waals surface area contributed by atoms with E-state index in [1.807, 2.05) is 44.0 Å². The standard InChI is InChI=1S/C51H68N10O8/c1-9-57-40-15-14-32-24-36(40)37(46(57)35-12-10-17-52-44(35)30(4)68-8)25-51(5,6)28-69-61(67)43-13-11-18-60(55-43)49(65)38(22-31-20-33(32)23-34(62)21-31)54-47(63)45(29(2)3)56(7)50(66)59-27-42-41(59)16-19-58(42)48(64)39-26-53-39/h14-15,17,20-21,23-24,29-30,38-39,41-43,45,53,55H,9-13,16,18-19,22,25-28H2,1-8H3,(H-,54,62,63)/p+1/t30-,38-,39+,41+,42+,43+,45-/m0/s1. The molecule has 0 radical (unpaired) electrons. The van der Waals surface area contributed by atoms with Gasteiger partial charge in [-0.3, -0.25) is 24.4 Å². The van der Waals surface area contributed by atoms with Crippen LogP contribution in [0.2, 0.25) is 0 Å². The van der Waals surface area contributed by atoms with Crippen LogP contribution in [-0.4, -0.2) is 154 Å². The number of nitrogens with zero attached hydrogens (tertiary/aromatic N) is 7. The number of carbonyl (C=O) groups excluding carboxylic acids is 4. The van der Waals surface area contributed by atoms with Gasteiger partial charge in [-0.1, -0.05) is 39.8 Å². The third-order valence-electron chi connectivity index (χ3n) is 15.0. The summed E-state index contributed by atoms with van der Waals surface area (Å²) in [5, 5.41) is 19.9. The average Bonchev–Trinajstić information content (AvgIpc) is 4.07. The molecule has 6 aliphatic rings. The summed E-state index contributed by atoms with van der Waals surface area (Å²) in [7, 11) is 3.31. The maximum absolute atomic E-state index is 14.8. The van der Waals surface area contributed by atoms with Gasteiger partial charge in [-0.15, -0.1) is 0 Å². The largest absolute Gasteiger partial charge is 0.508 e.